The van der Waals surface area contributed by atoms with Gasteiger partial charge in [-0.2, -0.15) is 0 Å². The van der Waals surface area contributed by atoms with Crippen molar-refractivity contribution in [1.29, 1.82) is 0 Å². The van der Waals surface area contributed by atoms with E-state index in [1.807, 2.05) is 23.5 Å². The van der Waals surface area contributed by atoms with Crippen molar-refractivity contribution in [3.63, 3.8) is 0 Å². The van der Waals surface area contributed by atoms with E-state index < -0.39 is 0 Å². The number of thiocarbonyl (C=S) groups is 1. The number of anilines is 1. The van der Waals surface area contributed by atoms with E-state index in [0.717, 1.165) is 11.4 Å². The summed E-state index contributed by atoms with van der Waals surface area (Å²) in [5.41, 5.74) is 7.77. The molecule has 1 atom stereocenters. The Morgan fingerprint density at radius 3 is 2.74 bits per heavy atom. The van der Waals surface area contributed by atoms with Crippen LogP contribution in [-0.2, 0) is 0 Å². The molecule has 0 aliphatic carbocycles. The van der Waals surface area contributed by atoms with Gasteiger partial charge in [0.2, 0.25) is 0 Å². The standard InChI is InChI=1S/C14H17N3S2/c1-8-6-12(10(3)19-8)9(2)17-13-7-11(14(15)18)4-5-16-13/h4-7,9H,1-3H3,(H2,15,18)(H,16,17). The van der Waals surface area contributed by atoms with Gasteiger partial charge in [0, 0.05) is 21.5 Å². The van der Waals surface area contributed by atoms with Gasteiger partial charge in [0.1, 0.15) is 10.8 Å². The first-order valence-electron chi connectivity index (χ1n) is 6.06. The Morgan fingerprint density at radius 1 is 1.42 bits per heavy atom. The van der Waals surface area contributed by atoms with Crippen molar-refractivity contribution in [2.75, 3.05) is 5.32 Å². The highest BCUT2D eigenvalue weighted by atomic mass is 32.1. The van der Waals surface area contributed by atoms with Crippen molar-refractivity contribution in [2.24, 2.45) is 5.73 Å². The van der Waals surface area contributed by atoms with Crippen LogP contribution in [-0.4, -0.2) is 9.97 Å². The molecule has 0 fully saturated rings. The molecule has 3 N–H and O–H groups in total. The van der Waals surface area contributed by atoms with Crippen LogP contribution in [0.5, 0.6) is 0 Å². The summed E-state index contributed by atoms with van der Waals surface area (Å²) in [6.45, 7) is 6.40. The van der Waals surface area contributed by atoms with Gasteiger partial charge >= 0.3 is 0 Å². The van der Waals surface area contributed by atoms with E-state index in [1.54, 1.807) is 6.20 Å². The van der Waals surface area contributed by atoms with Crippen LogP contribution in [0.2, 0.25) is 0 Å². The van der Waals surface area contributed by atoms with Gasteiger partial charge in [-0.1, -0.05) is 12.2 Å². The second-order valence-corrected chi connectivity index (χ2v) is 6.43. The predicted octanol–water partition coefficient (Wildman–Crippen LogP) is 3.57. The lowest BCUT2D eigenvalue weighted by molar-refractivity contribution is 0.872. The second kappa shape index (κ2) is 5.67. The van der Waals surface area contributed by atoms with Gasteiger partial charge in [-0.05, 0) is 44.5 Å². The van der Waals surface area contributed by atoms with Crippen LogP contribution in [0, 0.1) is 13.8 Å². The van der Waals surface area contributed by atoms with Crippen molar-refractivity contribution in [3.05, 3.63) is 45.3 Å². The monoisotopic (exact) mass is 291 g/mol. The van der Waals surface area contributed by atoms with Crippen molar-refractivity contribution in [2.45, 2.75) is 26.8 Å². The number of aryl methyl sites for hydroxylation is 2. The third-order valence-corrected chi connectivity index (χ3v) is 4.17. The number of pyridine rings is 1. The predicted molar refractivity (Wildman–Crippen MR) is 86.0 cm³/mol. The van der Waals surface area contributed by atoms with Crippen LogP contribution >= 0.6 is 23.6 Å². The summed E-state index contributed by atoms with van der Waals surface area (Å²) >= 11 is 6.79. The summed E-state index contributed by atoms with van der Waals surface area (Å²) in [5.74, 6) is 0.793. The Morgan fingerprint density at radius 2 is 2.16 bits per heavy atom. The maximum Gasteiger partial charge on any atom is 0.127 e. The molecule has 0 bridgehead atoms. The summed E-state index contributed by atoms with van der Waals surface area (Å²) in [6, 6.07) is 6.12. The molecule has 0 saturated carbocycles. The summed E-state index contributed by atoms with van der Waals surface area (Å²) in [5, 5.41) is 3.39. The van der Waals surface area contributed by atoms with Crippen LogP contribution in [0.25, 0.3) is 0 Å². The molecule has 0 aliphatic rings. The summed E-state index contributed by atoms with van der Waals surface area (Å²) in [7, 11) is 0. The van der Waals surface area contributed by atoms with Gasteiger partial charge in [0.25, 0.3) is 0 Å². The number of nitrogens with two attached hydrogens (primary N) is 1. The molecule has 2 aromatic heterocycles. The molecule has 19 heavy (non-hydrogen) atoms. The zero-order valence-corrected chi connectivity index (χ0v) is 12.9. The minimum Gasteiger partial charge on any atom is -0.389 e. The molecular weight excluding hydrogens is 274 g/mol. The lowest BCUT2D eigenvalue weighted by Gasteiger charge is -2.15. The van der Waals surface area contributed by atoms with Crippen LogP contribution < -0.4 is 11.1 Å². The van der Waals surface area contributed by atoms with E-state index >= 15 is 0 Å². The molecule has 5 heteroatoms. The summed E-state index contributed by atoms with van der Waals surface area (Å²) < 4.78 is 0. The molecule has 3 nitrogen and oxygen atoms in total. The van der Waals surface area contributed by atoms with Crippen LogP contribution in [0.15, 0.2) is 24.4 Å². The smallest absolute Gasteiger partial charge is 0.127 e. The first-order valence-corrected chi connectivity index (χ1v) is 7.29. The van der Waals surface area contributed by atoms with Crippen LogP contribution in [0.4, 0.5) is 5.82 Å². The lowest BCUT2D eigenvalue weighted by Crippen LogP contribution is -2.12. The highest BCUT2D eigenvalue weighted by Crippen LogP contribution is 2.28. The maximum atomic E-state index is 5.63. The second-order valence-electron chi connectivity index (χ2n) is 4.53. The van der Waals surface area contributed by atoms with E-state index in [2.05, 4.69) is 37.1 Å². The van der Waals surface area contributed by atoms with Crippen LogP contribution in [0.1, 0.15) is 33.8 Å². The van der Waals surface area contributed by atoms with E-state index in [0.29, 0.717) is 4.99 Å². The first kappa shape index (κ1) is 14.0. The van der Waals surface area contributed by atoms with E-state index in [1.165, 1.54) is 15.3 Å². The number of nitrogens with zero attached hydrogens (tertiary/aromatic N) is 1. The molecule has 0 aromatic carbocycles. The zero-order chi connectivity index (χ0) is 14.0. The first-order chi connectivity index (χ1) is 8.97. The van der Waals surface area contributed by atoms with Gasteiger partial charge in [-0.25, -0.2) is 4.98 Å². The number of hydrogen-bond acceptors (Lipinski definition) is 4. The Kier molecular flexibility index (Phi) is 4.17. The highest BCUT2D eigenvalue weighted by molar-refractivity contribution is 7.80. The number of rotatable bonds is 4. The van der Waals surface area contributed by atoms with Gasteiger partial charge in [0.05, 0.1) is 6.04 Å². The van der Waals surface area contributed by atoms with Gasteiger partial charge in [-0.15, -0.1) is 11.3 Å². The Labute approximate surface area is 122 Å². The summed E-state index contributed by atoms with van der Waals surface area (Å²) in [4.78, 5) is 7.35. The minimum absolute atomic E-state index is 0.207. The summed E-state index contributed by atoms with van der Waals surface area (Å²) in [6.07, 6.45) is 1.72. The fourth-order valence-corrected chi connectivity index (χ4v) is 3.19. The zero-order valence-electron chi connectivity index (χ0n) is 11.2. The maximum absolute atomic E-state index is 5.63. The van der Waals surface area contributed by atoms with Gasteiger partial charge in [-0.3, -0.25) is 0 Å². The van der Waals surface area contributed by atoms with E-state index in [-0.39, 0.29) is 6.04 Å². The van der Waals surface area contributed by atoms with Crippen molar-refractivity contribution >= 4 is 34.4 Å². The molecule has 0 amide bonds. The normalized spacial score (nSPS) is 12.2. The molecule has 0 saturated heterocycles. The van der Waals surface area contributed by atoms with E-state index in [9.17, 15) is 0 Å². The quantitative estimate of drug-likeness (QED) is 0.846. The fraction of sp³-hybridized carbons (Fsp3) is 0.286. The molecule has 100 valence electrons. The molecular formula is C14H17N3S2. The van der Waals surface area contributed by atoms with Crippen molar-refractivity contribution in [1.82, 2.24) is 4.98 Å². The average Bonchev–Trinajstić information content (AvgIpc) is 2.69. The molecule has 2 aromatic rings. The lowest BCUT2D eigenvalue weighted by atomic mass is 10.1. The molecule has 0 spiro atoms. The van der Waals surface area contributed by atoms with Crippen LogP contribution in [0.3, 0.4) is 0 Å². The minimum atomic E-state index is 0.207. The highest BCUT2D eigenvalue weighted by Gasteiger charge is 2.11. The largest absolute Gasteiger partial charge is 0.389 e. The third kappa shape index (κ3) is 3.30. The molecule has 0 aliphatic heterocycles. The van der Waals surface area contributed by atoms with Gasteiger partial charge < -0.3 is 11.1 Å². The van der Waals surface area contributed by atoms with Crippen molar-refractivity contribution < 1.29 is 0 Å². The Bertz CT molecular complexity index is 604. The number of nitrogens with one attached hydrogen (secondary N) is 1. The molecule has 2 rings (SSSR count). The van der Waals surface area contributed by atoms with Gasteiger partial charge in [0.15, 0.2) is 0 Å². The number of thiophene rings is 1. The number of aromatic nitrogens is 1. The molecule has 2 heterocycles. The SMILES string of the molecule is Cc1cc(C(C)Nc2cc(C(N)=S)ccn2)c(C)s1. The topological polar surface area (TPSA) is 50.9 Å². The molecule has 0 radical (unpaired) electrons. The van der Waals surface area contributed by atoms with E-state index in [4.69, 9.17) is 18.0 Å². The Balaban J connectivity index is 2.19. The third-order valence-electron chi connectivity index (χ3n) is 2.95. The van der Waals surface area contributed by atoms with Crippen molar-refractivity contribution in [3.8, 4) is 0 Å². The number of hydrogen-bond donors (Lipinski definition) is 2. The fourth-order valence-electron chi connectivity index (χ4n) is 2.04. The Hall–Kier alpha value is -1.46. The average molecular weight is 291 g/mol. The molecule has 1 unspecified atom stereocenters.